The number of hydrogen-bond acceptors (Lipinski definition) is 3. The quantitative estimate of drug-likeness (QED) is 0.778. The summed E-state index contributed by atoms with van der Waals surface area (Å²) in [6.07, 6.45) is 4.68. The Morgan fingerprint density at radius 1 is 1.05 bits per heavy atom. The first-order valence-electron chi connectivity index (χ1n) is 8.35. The summed E-state index contributed by atoms with van der Waals surface area (Å²) in [6.45, 7) is 9.19. The van der Waals surface area contributed by atoms with Crippen molar-refractivity contribution >= 4 is 5.91 Å². The van der Waals surface area contributed by atoms with Crippen molar-refractivity contribution in [2.24, 2.45) is 11.8 Å². The maximum atomic E-state index is 12.1. The van der Waals surface area contributed by atoms with E-state index in [0.29, 0.717) is 17.9 Å². The molecule has 2 saturated heterocycles. The molecule has 2 heterocycles. The number of likely N-dealkylation sites (N-methyl/N-ethyl adjacent to an activating group) is 1. The van der Waals surface area contributed by atoms with E-state index < -0.39 is 0 Å². The summed E-state index contributed by atoms with van der Waals surface area (Å²) >= 11 is 0. The molecule has 114 valence electrons. The fraction of sp³-hybridized carbons (Fsp3) is 0.938. The van der Waals surface area contributed by atoms with Crippen molar-refractivity contribution in [3.63, 3.8) is 0 Å². The van der Waals surface area contributed by atoms with E-state index in [9.17, 15) is 4.79 Å². The molecule has 3 rings (SSSR count). The van der Waals surface area contributed by atoms with Gasteiger partial charge in [-0.3, -0.25) is 9.69 Å². The van der Waals surface area contributed by atoms with E-state index in [1.807, 2.05) is 0 Å². The second-order valence-electron chi connectivity index (χ2n) is 7.15. The molecule has 20 heavy (non-hydrogen) atoms. The average Bonchev–Trinajstić information content (AvgIpc) is 3.26. The Balaban J connectivity index is 1.43. The third-order valence-corrected chi connectivity index (χ3v) is 5.31. The van der Waals surface area contributed by atoms with Gasteiger partial charge in [0.05, 0.1) is 0 Å². The van der Waals surface area contributed by atoms with Gasteiger partial charge >= 0.3 is 0 Å². The Morgan fingerprint density at radius 3 is 2.35 bits per heavy atom. The van der Waals surface area contributed by atoms with Gasteiger partial charge in [-0.15, -0.1) is 0 Å². The lowest BCUT2D eigenvalue weighted by molar-refractivity contribution is -0.134. The molecule has 1 amide bonds. The van der Waals surface area contributed by atoms with Crippen LogP contribution in [0.4, 0.5) is 0 Å². The molecule has 0 N–H and O–H groups in total. The Labute approximate surface area is 123 Å². The summed E-state index contributed by atoms with van der Waals surface area (Å²) in [5.41, 5.74) is 0. The first kappa shape index (κ1) is 14.3. The highest BCUT2D eigenvalue weighted by atomic mass is 16.2. The Hall–Kier alpha value is -0.610. The summed E-state index contributed by atoms with van der Waals surface area (Å²) in [6, 6.07) is 0.680. The van der Waals surface area contributed by atoms with Crippen LogP contribution in [-0.2, 0) is 4.79 Å². The normalized spacial score (nSPS) is 30.7. The van der Waals surface area contributed by atoms with Gasteiger partial charge in [0.2, 0.25) is 5.91 Å². The van der Waals surface area contributed by atoms with E-state index in [-0.39, 0.29) is 0 Å². The number of likely N-dealkylation sites (tertiary alicyclic amines) is 1. The third kappa shape index (κ3) is 3.34. The maximum Gasteiger partial charge on any atom is 0.225 e. The number of nitrogens with zero attached hydrogens (tertiary/aromatic N) is 3. The fourth-order valence-electron chi connectivity index (χ4n) is 3.70. The summed E-state index contributed by atoms with van der Waals surface area (Å²) < 4.78 is 0. The van der Waals surface area contributed by atoms with Crippen LogP contribution in [0.2, 0.25) is 0 Å². The van der Waals surface area contributed by atoms with Crippen molar-refractivity contribution in [2.45, 2.75) is 38.6 Å². The number of hydrogen-bond donors (Lipinski definition) is 0. The lowest BCUT2D eigenvalue weighted by Crippen LogP contribution is -2.52. The van der Waals surface area contributed by atoms with Crippen molar-refractivity contribution in [3.8, 4) is 0 Å². The molecular weight excluding hydrogens is 250 g/mol. The number of amides is 1. The van der Waals surface area contributed by atoms with Crippen LogP contribution in [0.3, 0.4) is 0 Å². The molecule has 0 radical (unpaired) electrons. The zero-order chi connectivity index (χ0) is 14.1. The highest BCUT2D eigenvalue weighted by molar-refractivity contribution is 5.81. The minimum atomic E-state index is 0.393. The third-order valence-electron chi connectivity index (χ3n) is 5.31. The molecule has 1 aliphatic carbocycles. The number of rotatable bonds is 3. The zero-order valence-electron chi connectivity index (χ0n) is 13.1. The molecule has 0 aromatic carbocycles. The molecule has 3 fully saturated rings. The molecule has 4 heteroatoms. The van der Waals surface area contributed by atoms with Gasteiger partial charge in [-0.25, -0.2) is 0 Å². The predicted octanol–water partition coefficient (Wildman–Crippen LogP) is 1.27. The highest BCUT2D eigenvalue weighted by Crippen LogP contribution is 2.32. The SMILES string of the molecule is CC1CN(C)CCN1CC1CCN(C(=O)C2CC2)CC1. The second-order valence-corrected chi connectivity index (χ2v) is 7.15. The standard InChI is InChI=1S/C16H29N3O/c1-13-11-17(2)9-10-19(13)12-14-5-7-18(8-6-14)16(20)15-3-4-15/h13-15H,3-12H2,1-2H3. The highest BCUT2D eigenvalue weighted by Gasteiger charge is 2.35. The van der Waals surface area contributed by atoms with Crippen LogP contribution in [-0.4, -0.2) is 73.0 Å². The van der Waals surface area contributed by atoms with Crippen LogP contribution in [0.5, 0.6) is 0 Å². The van der Waals surface area contributed by atoms with Crippen molar-refractivity contribution in [1.29, 1.82) is 0 Å². The van der Waals surface area contributed by atoms with Gasteiger partial charge in [-0.1, -0.05) is 0 Å². The molecule has 1 atom stereocenters. The Bertz CT molecular complexity index is 348. The van der Waals surface area contributed by atoms with E-state index in [4.69, 9.17) is 0 Å². The van der Waals surface area contributed by atoms with E-state index in [2.05, 4.69) is 28.7 Å². The number of piperidine rings is 1. The summed E-state index contributed by atoms with van der Waals surface area (Å²) in [5.74, 6) is 1.63. The van der Waals surface area contributed by atoms with Crippen LogP contribution < -0.4 is 0 Å². The monoisotopic (exact) mass is 279 g/mol. The minimum Gasteiger partial charge on any atom is -0.342 e. The van der Waals surface area contributed by atoms with Gasteiger partial charge in [0, 0.05) is 51.2 Å². The molecule has 1 saturated carbocycles. The van der Waals surface area contributed by atoms with Crippen molar-refractivity contribution in [2.75, 3.05) is 46.3 Å². The lowest BCUT2D eigenvalue weighted by atomic mass is 9.95. The summed E-state index contributed by atoms with van der Waals surface area (Å²) in [4.78, 5) is 19.3. The molecule has 1 unspecified atom stereocenters. The van der Waals surface area contributed by atoms with Gasteiger partial charge < -0.3 is 9.80 Å². The van der Waals surface area contributed by atoms with E-state index in [1.54, 1.807) is 0 Å². The molecular formula is C16H29N3O. The molecule has 0 bridgehead atoms. The average molecular weight is 279 g/mol. The molecule has 0 aromatic rings. The van der Waals surface area contributed by atoms with E-state index >= 15 is 0 Å². The summed E-state index contributed by atoms with van der Waals surface area (Å²) in [7, 11) is 2.22. The van der Waals surface area contributed by atoms with E-state index in [1.165, 1.54) is 39.0 Å². The lowest BCUT2D eigenvalue weighted by Gasteiger charge is -2.41. The minimum absolute atomic E-state index is 0.393. The van der Waals surface area contributed by atoms with Gasteiger partial charge in [-0.05, 0) is 45.6 Å². The molecule has 2 aliphatic heterocycles. The molecule has 3 aliphatic rings. The van der Waals surface area contributed by atoms with Gasteiger partial charge in [0.25, 0.3) is 0 Å². The van der Waals surface area contributed by atoms with Crippen LogP contribution in [0.1, 0.15) is 32.6 Å². The van der Waals surface area contributed by atoms with Crippen LogP contribution >= 0.6 is 0 Å². The van der Waals surface area contributed by atoms with Crippen molar-refractivity contribution in [3.05, 3.63) is 0 Å². The molecule has 4 nitrogen and oxygen atoms in total. The summed E-state index contributed by atoms with van der Waals surface area (Å²) in [5, 5.41) is 0. The van der Waals surface area contributed by atoms with Crippen LogP contribution in [0, 0.1) is 11.8 Å². The smallest absolute Gasteiger partial charge is 0.225 e. The second kappa shape index (κ2) is 6.02. The first-order chi connectivity index (χ1) is 9.63. The Kier molecular flexibility index (Phi) is 4.32. The Morgan fingerprint density at radius 2 is 1.75 bits per heavy atom. The van der Waals surface area contributed by atoms with Crippen molar-refractivity contribution < 1.29 is 4.79 Å². The van der Waals surface area contributed by atoms with Gasteiger partial charge in [-0.2, -0.15) is 0 Å². The van der Waals surface area contributed by atoms with Crippen molar-refractivity contribution in [1.82, 2.24) is 14.7 Å². The predicted molar refractivity (Wildman–Crippen MR) is 80.6 cm³/mol. The first-order valence-corrected chi connectivity index (χ1v) is 8.35. The maximum absolute atomic E-state index is 12.1. The zero-order valence-corrected chi connectivity index (χ0v) is 13.1. The van der Waals surface area contributed by atoms with Crippen LogP contribution in [0.15, 0.2) is 0 Å². The van der Waals surface area contributed by atoms with E-state index in [0.717, 1.165) is 31.8 Å². The number of piperazine rings is 1. The largest absolute Gasteiger partial charge is 0.342 e. The fourth-order valence-corrected chi connectivity index (χ4v) is 3.70. The van der Waals surface area contributed by atoms with Crippen LogP contribution in [0.25, 0.3) is 0 Å². The number of carbonyl (C=O) groups excluding carboxylic acids is 1. The topological polar surface area (TPSA) is 26.8 Å². The van der Waals surface area contributed by atoms with Gasteiger partial charge in [0.1, 0.15) is 0 Å². The van der Waals surface area contributed by atoms with Gasteiger partial charge in [0.15, 0.2) is 0 Å². The molecule has 0 spiro atoms. The molecule has 0 aromatic heterocycles. The number of carbonyl (C=O) groups is 1.